The Labute approximate surface area is 172 Å². The number of hydrogen-bond donors (Lipinski definition) is 3. The van der Waals surface area contributed by atoms with Gasteiger partial charge in [-0.05, 0) is 23.6 Å². The molecule has 0 aliphatic carbocycles. The molecule has 0 spiro atoms. The number of halogens is 2. The van der Waals surface area contributed by atoms with Crippen LogP contribution in [-0.4, -0.2) is 66.9 Å². The van der Waals surface area contributed by atoms with E-state index in [1.807, 2.05) is 0 Å². The maximum Gasteiger partial charge on any atom is 0.291 e. The summed E-state index contributed by atoms with van der Waals surface area (Å²) >= 11 is 0. The van der Waals surface area contributed by atoms with E-state index in [0.29, 0.717) is 5.56 Å². The van der Waals surface area contributed by atoms with E-state index in [9.17, 15) is 23.2 Å². The Kier molecular flexibility index (Phi) is 5.33. The molecule has 4 rings (SSSR count). The van der Waals surface area contributed by atoms with Gasteiger partial charge in [0, 0.05) is 45.3 Å². The fraction of sp³-hybridized carbons (Fsp3) is 0.550. The minimum Gasteiger partial charge on any atom is -0.369 e. The highest BCUT2D eigenvalue weighted by Gasteiger charge is 2.57. The van der Waals surface area contributed by atoms with E-state index in [4.69, 9.17) is 4.74 Å². The highest BCUT2D eigenvalue weighted by atomic mass is 19.3. The van der Waals surface area contributed by atoms with Crippen molar-refractivity contribution in [1.82, 2.24) is 20.9 Å². The number of hydrogen-bond acceptors (Lipinski definition) is 6. The SMILES string of the molecule is COC1(C(F)(F)CNCc2cccc3c2CN(C2CCC(=O)NC2=O)C3=O)CNC1. The molecular weight excluding hydrogens is 398 g/mol. The van der Waals surface area contributed by atoms with Gasteiger partial charge >= 0.3 is 0 Å². The van der Waals surface area contributed by atoms with Crippen molar-refractivity contribution in [2.24, 2.45) is 0 Å². The highest BCUT2D eigenvalue weighted by molar-refractivity contribution is 6.05. The zero-order valence-corrected chi connectivity index (χ0v) is 16.6. The van der Waals surface area contributed by atoms with Gasteiger partial charge in [-0.3, -0.25) is 19.7 Å². The monoisotopic (exact) mass is 422 g/mol. The van der Waals surface area contributed by atoms with E-state index in [1.165, 1.54) is 12.0 Å². The molecule has 2 fully saturated rings. The second kappa shape index (κ2) is 7.68. The van der Waals surface area contributed by atoms with Crippen LogP contribution in [0, 0.1) is 0 Å². The van der Waals surface area contributed by atoms with E-state index >= 15 is 0 Å². The number of amides is 3. The van der Waals surface area contributed by atoms with Crippen LogP contribution in [0.3, 0.4) is 0 Å². The Morgan fingerprint density at radius 2 is 2.07 bits per heavy atom. The van der Waals surface area contributed by atoms with Crippen LogP contribution in [-0.2, 0) is 27.4 Å². The van der Waals surface area contributed by atoms with Crippen molar-refractivity contribution in [3.8, 4) is 0 Å². The number of alkyl halides is 2. The summed E-state index contributed by atoms with van der Waals surface area (Å²) in [4.78, 5) is 37.8. The first kappa shape index (κ1) is 20.8. The standard InChI is InChI=1S/C20H24F2N4O4/c1-30-19(9-24-10-19)20(21,22)11-23-7-12-3-2-4-13-14(12)8-26(18(13)29)15-5-6-16(27)25-17(15)28/h2-4,15,23-24H,5-11H2,1H3,(H,25,27,28). The topological polar surface area (TPSA) is 99.8 Å². The average Bonchev–Trinajstić information content (AvgIpc) is 2.98. The van der Waals surface area contributed by atoms with Gasteiger partial charge in [-0.2, -0.15) is 0 Å². The van der Waals surface area contributed by atoms with Crippen LogP contribution in [0.1, 0.15) is 34.3 Å². The third kappa shape index (κ3) is 3.38. The van der Waals surface area contributed by atoms with E-state index in [2.05, 4.69) is 16.0 Å². The Morgan fingerprint density at radius 1 is 1.30 bits per heavy atom. The predicted octanol–water partition coefficient (Wildman–Crippen LogP) is 0.161. The lowest BCUT2D eigenvalue weighted by molar-refractivity contribution is -0.215. The van der Waals surface area contributed by atoms with Gasteiger partial charge in [-0.1, -0.05) is 12.1 Å². The van der Waals surface area contributed by atoms with Crippen LogP contribution >= 0.6 is 0 Å². The molecule has 10 heteroatoms. The molecule has 0 bridgehead atoms. The first-order valence-corrected chi connectivity index (χ1v) is 9.88. The maximum absolute atomic E-state index is 14.6. The molecule has 3 aliphatic rings. The molecule has 1 aromatic rings. The smallest absolute Gasteiger partial charge is 0.291 e. The molecule has 3 aliphatic heterocycles. The molecule has 8 nitrogen and oxygen atoms in total. The van der Waals surface area contributed by atoms with Crippen molar-refractivity contribution in [3.05, 3.63) is 34.9 Å². The van der Waals surface area contributed by atoms with Crippen molar-refractivity contribution in [2.75, 3.05) is 26.7 Å². The van der Waals surface area contributed by atoms with Crippen LogP contribution in [0.15, 0.2) is 18.2 Å². The molecular formula is C20H24F2N4O4. The number of imide groups is 1. The van der Waals surface area contributed by atoms with Gasteiger partial charge in [0.15, 0.2) is 5.60 Å². The number of rotatable bonds is 7. The normalized spacial score (nSPS) is 23.2. The summed E-state index contributed by atoms with van der Waals surface area (Å²) < 4.78 is 34.2. The van der Waals surface area contributed by atoms with E-state index < -0.39 is 30.0 Å². The third-order valence-corrected chi connectivity index (χ3v) is 6.22. The summed E-state index contributed by atoms with van der Waals surface area (Å²) in [6.07, 6.45) is 0.452. The molecule has 0 radical (unpaired) electrons. The van der Waals surface area contributed by atoms with Crippen LogP contribution in [0.5, 0.6) is 0 Å². The number of ether oxygens (including phenoxy) is 1. The van der Waals surface area contributed by atoms with Gasteiger partial charge in [0.2, 0.25) is 11.8 Å². The number of piperidine rings is 1. The largest absolute Gasteiger partial charge is 0.369 e. The summed E-state index contributed by atoms with van der Waals surface area (Å²) in [6, 6.07) is 4.44. The summed E-state index contributed by atoms with van der Waals surface area (Å²) in [5.74, 6) is -4.17. The molecule has 3 heterocycles. The first-order chi connectivity index (χ1) is 14.3. The molecule has 2 saturated heterocycles. The van der Waals surface area contributed by atoms with E-state index in [1.54, 1.807) is 18.2 Å². The molecule has 1 unspecified atom stereocenters. The second-order valence-corrected chi connectivity index (χ2v) is 7.95. The molecule has 1 aromatic carbocycles. The molecule has 3 N–H and O–H groups in total. The third-order valence-electron chi connectivity index (χ3n) is 6.22. The van der Waals surface area contributed by atoms with Crippen molar-refractivity contribution in [1.29, 1.82) is 0 Å². The number of benzene rings is 1. The number of fused-ring (bicyclic) bond motifs is 1. The number of nitrogens with one attached hydrogen (secondary N) is 3. The second-order valence-electron chi connectivity index (χ2n) is 7.95. The molecule has 30 heavy (non-hydrogen) atoms. The van der Waals surface area contributed by atoms with Gasteiger partial charge < -0.3 is 20.3 Å². The number of carbonyl (C=O) groups excluding carboxylic acids is 3. The van der Waals surface area contributed by atoms with Crippen LogP contribution in [0.2, 0.25) is 0 Å². The van der Waals surface area contributed by atoms with Crippen molar-refractivity contribution in [3.63, 3.8) is 0 Å². The molecule has 162 valence electrons. The zero-order valence-electron chi connectivity index (χ0n) is 16.6. The van der Waals surface area contributed by atoms with Crippen molar-refractivity contribution >= 4 is 17.7 Å². The van der Waals surface area contributed by atoms with Crippen molar-refractivity contribution in [2.45, 2.75) is 43.5 Å². The minimum atomic E-state index is -3.06. The molecule has 1 atom stereocenters. The van der Waals surface area contributed by atoms with E-state index in [0.717, 1.165) is 11.1 Å². The predicted molar refractivity (Wildman–Crippen MR) is 102 cm³/mol. The molecule has 0 aromatic heterocycles. The summed E-state index contributed by atoms with van der Waals surface area (Å²) in [5, 5.41) is 7.88. The lowest BCUT2D eigenvalue weighted by Crippen LogP contribution is -2.71. The summed E-state index contributed by atoms with van der Waals surface area (Å²) in [7, 11) is 1.29. The van der Waals surface area contributed by atoms with Crippen LogP contribution in [0.25, 0.3) is 0 Å². The van der Waals surface area contributed by atoms with Gasteiger partial charge in [0.25, 0.3) is 11.8 Å². The Balaban J connectivity index is 1.44. The Hall–Kier alpha value is -2.43. The Bertz CT molecular complexity index is 882. The lowest BCUT2D eigenvalue weighted by Gasteiger charge is -2.46. The number of carbonyl (C=O) groups is 3. The summed E-state index contributed by atoms with van der Waals surface area (Å²) in [5.41, 5.74) is 0.402. The highest BCUT2D eigenvalue weighted by Crippen LogP contribution is 2.35. The average molecular weight is 422 g/mol. The molecule has 3 amide bonds. The van der Waals surface area contributed by atoms with E-state index in [-0.39, 0.29) is 50.8 Å². The fourth-order valence-electron chi connectivity index (χ4n) is 4.24. The summed E-state index contributed by atoms with van der Waals surface area (Å²) in [6.45, 7) is -0.0112. The fourth-order valence-corrected chi connectivity index (χ4v) is 4.24. The quantitative estimate of drug-likeness (QED) is 0.542. The van der Waals surface area contributed by atoms with Gasteiger partial charge in [0.05, 0.1) is 6.54 Å². The Morgan fingerprint density at radius 3 is 2.70 bits per heavy atom. The van der Waals surface area contributed by atoms with Crippen LogP contribution in [0.4, 0.5) is 8.78 Å². The lowest BCUT2D eigenvalue weighted by atomic mass is 9.88. The van der Waals surface area contributed by atoms with Crippen LogP contribution < -0.4 is 16.0 Å². The first-order valence-electron chi connectivity index (χ1n) is 9.88. The zero-order chi connectivity index (χ0) is 21.5. The van der Waals surface area contributed by atoms with Gasteiger partial charge in [0.1, 0.15) is 6.04 Å². The molecule has 0 saturated carbocycles. The van der Waals surface area contributed by atoms with Crippen molar-refractivity contribution < 1.29 is 27.9 Å². The maximum atomic E-state index is 14.6. The van der Waals surface area contributed by atoms with Gasteiger partial charge in [-0.15, -0.1) is 0 Å². The number of nitrogens with zero attached hydrogens (tertiary/aromatic N) is 1. The van der Waals surface area contributed by atoms with Gasteiger partial charge in [-0.25, -0.2) is 8.78 Å². The number of methoxy groups -OCH3 is 1. The minimum absolute atomic E-state index is 0.0916.